The Morgan fingerprint density at radius 1 is 0.325 bits per heavy atom. The lowest BCUT2D eigenvalue weighted by molar-refractivity contribution is 0.569. The van der Waals surface area contributed by atoms with E-state index in [9.17, 15) is 11.0 Å². The molecule has 2 aromatic heterocycles. The van der Waals surface area contributed by atoms with Crippen LogP contribution in [0.15, 0.2) is 242 Å². The number of aromatic nitrogens is 2. The van der Waals surface area contributed by atoms with E-state index < -0.39 is 109 Å². The minimum atomic E-state index is -0.644. The highest BCUT2D eigenvalue weighted by Gasteiger charge is 2.45. The van der Waals surface area contributed by atoms with Gasteiger partial charge in [0, 0.05) is 66.9 Å². The zero-order valence-electron chi connectivity index (χ0n) is 63.7. The van der Waals surface area contributed by atoms with Gasteiger partial charge in [-0.15, -0.1) is 0 Å². The van der Waals surface area contributed by atoms with Crippen LogP contribution in [0.3, 0.4) is 0 Å². The summed E-state index contributed by atoms with van der Waals surface area (Å²) in [4.78, 5) is 4.48. The molecule has 4 heterocycles. The molecule has 2 aliphatic heterocycles. The number of benzene rings is 11. The van der Waals surface area contributed by atoms with Crippen molar-refractivity contribution >= 4 is 101 Å². The smallest absolute Gasteiger partial charge is 0.252 e. The van der Waals surface area contributed by atoms with Gasteiger partial charge in [-0.25, -0.2) is 0 Å². The molecule has 0 amide bonds. The van der Waals surface area contributed by atoms with E-state index in [1.165, 1.54) is 11.1 Å². The summed E-state index contributed by atoms with van der Waals surface area (Å²) >= 11 is 0. The number of hydrogen-bond acceptors (Lipinski definition) is 2. The number of hydrogen-bond donors (Lipinski definition) is 0. The molecule has 13 aromatic rings. The van der Waals surface area contributed by atoms with Gasteiger partial charge in [0.05, 0.1) is 49.7 Å². The SMILES string of the molecule is [2H]c1c([2H])c([2H])c2c(c1[2H])c1c([2H])c([2H])c([2H])c([2H])c1n2-c1ccc2c(c1)N(c1cccc(-c3cc(C(C)(C)C)cc(C(C)(C)C)c3)c1)c1cc(C(C)(C)C)cc3c1B2c1ccc(-n2c4c([2H])c([2H])c([2H])c([2H])c4c4c([2H])c([2H])c([2H])c([2H])c42)cc1N3c1ccccc1-c1ccccc1. The standard InChI is InChI=1S/C78H67BN4/c1-76(2,3)53-42-52(43-54(45-53)77(4,5)6)51-26-23-27-56(44-51)82-71-48-57(80-67-34-19-14-29-60(67)61-30-15-20-35-68(61)80)38-40-64(71)79-65-41-39-58(81-69-36-21-16-31-62(69)63-32-17-22-37-70(63)81)49-72(65)83(74-47-55(78(7,8)9)46-73(82)75(74)79)66-33-18-13-28-59(66)50-24-11-10-12-25-50/h10-49H,1-9H3/i14D,15D,16D,17D,19D,20D,21D,22D,29D,30D,31D,32D,34D,35D,36D,37D. The highest BCUT2D eigenvalue weighted by Crippen LogP contribution is 2.50. The molecular weight excluding hydrogens is 1000 g/mol. The lowest BCUT2D eigenvalue weighted by atomic mass is 9.33. The van der Waals surface area contributed by atoms with Gasteiger partial charge in [0.15, 0.2) is 0 Å². The Bertz CT molecular complexity index is 5550. The van der Waals surface area contributed by atoms with E-state index in [0.29, 0.717) is 22.7 Å². The summed E-state index contributed by atoms with van der Waals surface area (Å²) in [6.45, 7) is 19.1. The highest BCUT2D eigenvalue weighted by molar-refractivity contribution is 7.00. The maximum Gasteiger partial charge on any atom is 0.252 e. The molecule has 83 heavy (non-hydrogen) atoms. The molecule has 15 rings (SSSR count). The van der Waals surface area contributed by atoms with Crippen LogP contribution in [0, 0.1) is 0 Å². The second-order valence-electron chi connectivity index (χ2n) is 25.1. The first-order valence-electron chi connectivity index (χ1n) is 36.2. The van der Waals surface area contributed by atoms with Crippen LogP contribution < -0.4 is 26.2 Å². The number of anilines is 6. The third kappa shape index (κ3) is 8.10. The van der Waals surface area contributed by atoms with E-state index in [1.807, 2.05) is 66.7 Å². The summed E-state index contributed by atoms with van der Waals surface area (Å²) in [5, 5.41) is -0.207. The molecule has 4 nitrogen and oxygen atoms in total. The summed E-state index contributed by atoms with van der Waals surface area (Å²) in [5.74, 6) is 0. The summed E-state index contributed by atoms with van der Waals surface area (Å²) in [6, 6.07) is 41.5. The van der Waals surface area contributed by atoms with E-state index in [4.69, 9.17) is 11.0 Å². The fraction of sp³-hybridized carbons (Fsp3) is 0.154. The minimum absolute atomic E-state index is 0.0264. The van der Waals surface area contributed by atoms with Crippen molar-refractivity contribution in [3.05, 3.63) is 259 Å². The lowest BCUT2D eigenvalue weighted by Crippen LogP contribution is -2.61. The van der Waals surface area contributed by atoms with Crippen LogP contribution in [-0.4, -0.2) is 15.8 Å². The Morgan fingerprint density at radius 3 is 1.27 bits per heavy atom. The second kappa shape index (κ2) is 18.6. The van der Waals surface area contributed by atoms with Crippen LogP contribution in [0.1, 0.15) is 101 Å². The molecule has 0 saturated carbocycles. The molecule has 0 spiro atoms. The fourth-order valence-corrected chi connectivity index (χ4v) is 12.6. The average Bonchev–Trinajstić information content (AvgIpc) is 1.70. The molecule has 11 aromatic carbocycles. The molecule has 0 unspecified atom stereocenters. The predicted octanol–water partition coefficient (Wildman–Crippen LogP) is 19.2. The monoisotopic (exact) mass is 1090 g/mol. The summed E-state index contributed by atoms with van der Waals surface area (Å²) in [5.41, 5.74) is 13.5. The normalized spacial score (nSPS) is 16.0. The molecule has 0 fully saturated rings. The first-order chi connectivity index (χ1) is 46.7. The molecule has 0 N–H and O–H groups in total. The van der Waals surface area contributed by atoms with Crippen molar-refractivity contribution in [3.63, 3.8) is 0 Å². The van der Waals surface area contributed by atoms with Crippen molar-refractivity contribution in [1.82, 2.24) is 9.13 Å². The van der Waals surface area contributed by atoms with Gasteiger partial charge in [0.25, 0.3) is 6.71 Å². The lowest BCUT2D eigenvalue weighted by Gasteiger charge is -2.45. The van der Waals surface area contributed by atoms with E-state index in [0.717, 1.165) is 67.0 Å². The Morgan fingerprint density at radius 2 is 0.759 bits per heavy atom. The maximum atomic E-state index is 9.61. The number of rotatable bonds is 6. The van der Waals surface area contributed by atoms with Gasteiger partial charge in [0.1, 0.15) is 0 Å². The highest BCUT2D eigenvalue weighted by atomic mass is 15.2. The Hall–Kier alpha value is -9.32. The van der Waals surface area contributed by atoms with Gasteiger partial charge >= 0.3 is 0 Å². The van der Waals surface area contributed by atoms with Crippen molar-refractivity contribution in [2.45, 2.75) is 78.6 Å². The van der Waals surface area contributed by atoms with E-state index in [2.05, 4.69) is 151 Å². The Labute approximate surface area is 511 Å². The van der Waals surface area contributed by atoms with Crippen molar-refractivity contribution in [2.75, 3.05) is 9.80 Å². The molecule has 0 bridgehead atoms. The van der Waals surface area contributed by atoms with Gasteiger partial charge in [-0.2, -0.15) is 0 Å². The minimum Gasteiger partial charge on any atom is -0.311 e. The molecule has 5 heteroatoms. The topological polar surface area (TPSA) is 16.3 Å². The molecule has 0 aliphatic carbocycles. The third-order valence-corrected chi connectivity index (χ3v) is 16.8. The third-order valence-electron chi connectivity index (χ3n) is 16.8. The summed E-state index contributed by atoms with van der Waals surface area (Å²) in [6.07, 6.45) is 0. The predicted molar refractivity (Wildman–Crippen MR) is 356 cm³/mol. The van der Waals surface area contributed by atoms with Gasteiger partial charge in [0.2, 0.25) is 0 Å². The molecule has 2 aliphatic rings. The summed E-state index contributed by atoms with van der Waals surface area (Å²) < 4.78 is 151. The Balaban J connectivity index is 1.11. The van der Waals surface area contributed by atoms with Gasteiger partial charge in [-0.1, -0.05) is 226 Å². The van der Waals surface area contributed by atoms with Crippen molar-refractivity contribution < 1.29 is 21.9 Å². The first kappa shape index (κ1) is 36.2. The first-order valence-corrected chi connectivity index (χ1v) is 28.2. The quantitative estimate of drug-likeness (QED) is 0.154. The average molecular weight is 1090 g/mol. The number of fused-ring (bicyclic) bond motifs is 10. The molecule has 402 valence electrons. The largest absolute Gasteiger partial charge is 0.311 e. The van der Waals surface area contributed by atoms with Gasteiger partial charge in [-0.3, -0.25) is 0 Å². The van der Waals surface area contributed by atoms with Crippen molar-refractivity contribution in [1.29, 1.82) is 0 Å². The van der Waals surface area contributed by atoms with E-state index in [-0.39, 0.29) is 54.4 Å². The zero-order chi connectivity index (χ0) is 70.6. The fourth-order valence-electron chi connectivity index (χ4n) is 12.6. The molecule has 0 atom stereocenters. The van der Waals surface area contributed by atoms with Crippen LogP contribution in [0.5, 0.6) is 0 Å². The zero-order valence-corrected chi connectivity index (χ0v) is 47.7. The van der Waals surface area contributed by atoms with E-state index in [1.54, 1.807) is 9.13 Å². The van der Waals surface area contributed by atoms with Gasteiger partial charge < -0.3 is 18.9 Å². The molecule has 0 radical (unpaired) electrons. The summed E-state index contributed by atoms with van der Waals surface area (Å²) in [7, 11) is 0. The molecule has 0 saturated heterocycles. The van der Waals surface area contributed by atoms with Crippen LogP contribution in [0.25, 0.3) is 77.2 Å². The van der Waals surface area contributed by atoms with Crippen molar-refractivity contribution in [3.8, 4) is 33.6 Å². The Kier molecular flexibility index (Phi) is 8.12. The number of nitrogens with zero attached hydrogens (tertiary/aromatic N) is 4. The van der Waals surface area contributed by atoms with Crippen LogP contribution in [-0.2, 0) is 16.2 Å². The van der Waals surface area contributed by atoms with Crippen LogP contribution in [0.4, 0.5) is 34.1 Å². The van der Waals surface area contributed by atoms with Crippen LogP contribution in [0.2, 0.25) is 0 Å². The van der Waals surface area contributed by atoms with Crippen molar-refractivity contribution in [2.24, 2.45) is 0 Å². The second-order valence-corrected chi connectivity index (χ2v) is 25.1. The van der Waals surface area contributed by atoms with Gasteiger partial charge in [-0.05, 0) is 145 Å². The number of para-hydroxylation sites is 5. The maximum absolute atomic E-state index is 9.61. The molecular formula is C78H67BN4. The van der Waals surface area contributed by atoms with E-state index >= 15 is 0 Å². The van der Waals surface area contributed by atoms with Crippen LogP contribution >= 0.6 is 0 Å².